The maximum Gasteiger partial charge on any atom is 0.123 e. The molecule has 0 spiro atoms. The van der Waals surface area contributed by atoms with Crippen molar-refractivity contribution in [1.29, 1.82) is 0 Å². The molecule has 4 rings (SSSR count). The summed E-state index contributed by atoms with van der Waals surface area (Å²) in [4.78, 5) is 0. The molecule has 0 aliphatic heterocycles. The molecule has 0 fully saturated rings. The quantitative estimate of drug-likeness (QED) is 0.211. The fourth-order valence-corrected chi connectivity index (χ4v) is 4.06. The maximum atomic E-state index is 13.6. The summed E-state index contributed by atoms with van der Waals surface area (Å²) in [5, 5.41) is 0. The SMILES string of the molecule is CCC(N)(COC(c1ccc(F)cc1)c1ccc(F)cc1)COC(c1ccc(F)cc1)c1ccc(F)cc1. The predicted octanol–water partition coefficient (Wildman–Crippen LogP) is 7.26. The summed E-state index contributed by atoms with van der Waals surface area (Å²) < 4.78 is 66.8. The van der Waals surface area contributed by atoms with E-state index in [1.165, 1.54) is 48.5 Å². The lowest BCUT2D eigenvalue weighted by Crippen LogP contribution is -2.49. The van der Waals surface area contributed by atoms with Crippen LogP contribution < -0.4 is 5.73 Å². The van der Waals surface area contributed by atoms with Crippen LogP contribution in [0.15, 0.2) is 97.1 Å². The molecule has 38 heavy (non-hydrogen) atoms. The fraction of sp³-hybridized carbons (Fsp3) is 0.226. The third-order valence-corrected chi connectivity index (χ3v) is 6.47. The van der Waals surface area contributed by atoms with Crippen molar-refractivity contribution in [3.8, 4) is 0 Å². The zero-order valence-corrected chi connectivity index (χ0v) is 20.9. The van der Waals surface area contributed by atoms with Crippen molar-refractivity contribution in [1.82, 2.24) is 0 Å². The van der Waals surface area contributed by atoms with Crippen LogP contribution in [0.2, 0.25) is 0 Å². The molecule has 0 amide bonds. The number of hydrogen-bond donors (Lipinski definition) is 1. The molecule has 0 saturated carbocycles. The highest BCUT2D eigenvalue weighted by molar-refractivity contribution is 5.32. The largest absolute Gasteiger partial charge is 0.367 e. The molecule has 3 nitrogen and oxygen atoms in total. The lowest BCUT2D eigenvalue weighted by molar-refractivity contribution is -0.0182. The van der Waals surface area contributed by atoms with Gasteiger partial charge in [-0.1, -0.05) is 55.5 Å². The van der Waals surface area contributed by atoms with Gasteiger partial charge in [-0.25, -0.2) is 17.6 Å². The van der Waals surface area contributed by atoms with E-state index in [4.69, 9.17) is 15.2 Å². The lowest BCUT2D eigenvalue weighted by atomic mass is 9.97. The van der Waals surface area contributed by atoms with Crippen LogP contribution in [-0.2, 0) is 9.47 Å². The molecular weight excluding hydrogens is 494 g/mol. The van der Waals surface area contributed by atoms with Gasteiger partial charge in [0.25, 0.3) is 0 Å². The van der Waals surface area contributed by atoms with Crippen molar-refractivity contribution in [2.45, 2.75) is 31.1 Å². The van der Waals surface area contributed by atoms with Crippen LogP contribution >= 0.6 is 0 Å². The zero-order valence-electron chi connectivity index (χ0n) is 20.9. The van der Waals surface area contributed by atoms with Crippen LogP contribution in [0.25, 0.3) is 0 Å². The highest BCUT2D eigenvalue weighted by Crippen LogP contribution is 2.30. The van der Waals surface area contributed by atoms with Gasteiger partial charge in [-0.15, -0.1) is 0 Å². The Balaban J connectivity index is 1.54. The van der Waals surface area contributed by atoms with E-state index in [2.05, 4.69) is 0 Å². The third-order valence-electron chi connectivity index (χ3n) is 6.47. The molecular formula is C31H29F4NO2. The first-order valence-corrected chi connectivity index (χ1v) is 12.3. The summed E-state index contributed by atoms with van der Waals surface area (Å²) in [5.41, 5.74) is 8.53. The van der Waals surface area contributed by atoms with Gasteiger partial charge in [0, 0.05) is 0 Å². The van der Waals surface area contributed by atoms with Crippen LogP contribution in [0.5, 0.6) is 0 Å². The van der Waals surface area contributed by atoms with Gasteiger partial charge < -0.3 is 15.2 Å². The lowest BCUT2D eigenvalue weighted by Gasteiger charge is -2.32. The number of rotatable bonds is 11. The summed E-state index contributed by atoms with van der Waals surface area (Å²) in [6, 6.07) is 23.6. The van der Waals surface area contributed by atoms with Crippen molar-refractivity contribution in [2.75, 3.05) is 13.2 Å². The van der Waals surface area contributed by atoms with E-state index in [-0.39, 0.29) is 36.5 Å². The van der Waals surface area contributed by atoms with E-state index in [0.29, 0.717) is 28.7 Å². The Morgan fingerprint density at radius 3 is 0.974 bits per heavy atom. The minimum atomic E-state index is -0.934. The van der Waals surface area contributed by atoms with E-state index in [1.807, 2.05) is 6.92 Å². The van der Waals surface area contributed by atoms with Gasteiger partial charge in [0.1, 0.15) is 35.5 Å². The Kier molecular flexibility index (Phi) is 8.94. The highest BCUT2D eigenvalue weighted by Gasteiger charge is 2.29. The number of nitrogens with two attached hydrogens (primary N) is 1. The summed E-state index contributed by atoms with van der Waals surface area (Å²) in [7, 11) is 0. The molecule has 0 radical (unpaired) electrons. The first kappa shape index (κ1) is 27.5. The Hall–Kier alpha value is -3.52. The number of benzene rings is 4. The third kappa shape index (κ3) is 7.07. The van der Waals surface area contributed by atoms with E-state index >= 15 is 0 Å². The monoisotopic (exact) mass is 523 g/mol. The first-order valence-electron chi connectivity index (χ1n) is 12.3. The van der Waals surface area contributed by atoms with E-state index in [9.17, 15) is 17.6 Å². The molecule has 2 N–H and O–H groups in total. The molecule has 0 heterocycles. The average molecular weight is 524 g/mol. The van der Waals surface area contributed by atoms with E-state index < -0.39 is 17.7 Å². The maximum absolute atomic E-state index is 13.6. The Morgan fingerprint density at radius 2 is 0.763 bits per heavy atom. The summed E-state index contributed by atoms with van der Waals surface area (Å²) in [5.74, 6) is -1.52. The standard InChI is InChI=1S/C31H29F4NO2/c1-2-31(36,19-37-29(21-3-11-25(32)12-4-21)22-5-13-26(33)14-6-22)20-38-30(23-7-15-27(34)16-8-23)24-9-17-28(35)18-10-24/h3-18,29-30H,2,19-20,36H2,1H3. The molecule has 0 unspecified atom stereocenters. The molecule has 0 aliphatic carbocycles. The number of hydrogen-bond acceptors (Lipinski definition) is 3. The molecule has 0 bridgehead atoms. The zero-order chi connectivity index (χ0) is 27.1. The van der Waals surface area contributed by atoms with Crippen LogP contribution in [0.1, 0.15) is 47.8 Å². The van der Waals surface area contributed by atoms with E-state index in [0.717, 1.165) is 0 Å². The average Bonchev–Trinajstić information content (AvgIpc) is 2.92. The van der Waals surface area contributed by atoms with Crippen molar-refractivity contribution in [3.05, 3.63) is 143 Å². The van der Waals surface area contributed by atoms with Crippen molar-refractivity contribution >= 4 is 0 Å². The van der Waals surface area contributed by atoms with Gasteiger partial charge in [0.15, 0.2) is 0 Å². The molecule has 7 heteroatoms. The van der Waals surface area contributed by atoms with Crippen molar-refractivity contribution < 1.29 is 27.0 Å². The number of ether oxygens (including phenoxy) is 2. The molecule has 4 aromatic carbocycles. The topological polar surface area (TPSA) is 44.5 Å². The van der Waals surface area contributed by atoms with E-state index in [1.54, 1.807) is 48.5 Å². The van der Waals surface area contributed by atoms with Crippen molar-refractivity contribution in [2.24, 2.45) is 5.73 Å². The molecule has 0 atom stereocenters. The minimum Gasteiger partial charge on any atom is -0.367 e. The van der Waals surface area contributed by atoms with Crippen LogP contribution in [-0.4, -0.2) is 18.8 Å². The second kappa shape index (κ2) is 12.3. The van der Waals surface area contributed by atoms with Crippen LogP contribution in [0, 0.1) is 23.3 Å². The fourth-order valence-electron chi connectivity index (χ4n) is 4.06. The molecule has 198 valence electrons. The second-order valence-electron chi connectivity index (χ2n) is 9.30. The Morgan fingerprint density at radius 1 is 0.526 bits per heavy atom. The molecule has 0 aromatic heterocycles. The molecule has 0 aliphatic rings. The summed E-state index contributed by atoms with van der Waals surface area (Å²) >= 11 is 0. The van der Waals surface area contributed by atoms with Crippen molar-refractivity contribution in [3.63, 3.8) is 0 Å². The van der Waals surface area contributed by atoms with Gasteiger partial charge in [-0.05, 0) is 77.2 Å². The van der Waals surface area contributed by atoms with Crippen LogP contribution in [0.4, 0.5) is 17.6 Å². The van der Waals surface area contributed by atoms with Crippen LogP contribution in [0.3, 0.4) is 0 Å². The normalized spacial score (nSPS) is 11.9. The van der Waals surface area contributed by atoms with Gasteiger partial charge >= 0.3 is 0 Å². The highest BCUT2D eigenvalue weighted by atomic mass is 19.1. The Labute approximate surface area is 219 Å². The van der Waals surface area contributed by atoms with Gasteiger partial charge in [0.2, 0.25) is 0 Å². The predicted molar refractivity (Wildman–Crippen MR) is 138 cm³/mol. The van der Waals surface area contributed by atoms with Gasteiger partial charge in [-0.3, -0.25) is 0 Å². The minimum absolute atomic E-state index is 0.0719. The molecule has 4 aromatic rings. The smallest absolute Gasteiger partial charge is 0.123 e. The second-order valence-corrected chi connectivity index (χ2v) is 9.30. The first-order chi connectivity index (χ1) is 18.3. The van der Waals surface area contributed by atoms with Gasteiger partial charge in [0.05, 0.1) is 18.8 Å². The number of halogens is 4. The van der Waals surface area contributed by atoms with Gasteiger partial charge in [-0.2, -0.15) is 0 Å². The Bertz CT molecular complexity index is 1100. The summed E-state index contributed by atoms with van der Waals surface area (Å²) in [6.45, 7) is 2.05. The molecule has 0 saturated heterocycles. The summed E-state index contributed by atoms with van der Waals surface area (Å²) in [6.07, 6.45) is -0.738.